The number of fused-ring (bicyclic) bond motifs is 1. The molecule has 0 saturated heterocycles. The van der Waals surface area contributed by atoms with Gasteiger partial charge in [-0.15, -0.1) is 0 Å². The van der Waals surface area contributed by atoms with Crippen LogP contribution in [0, 0.1) is 0 Å². The number of alkyl halides is 2. The predicted molar refractivity (Wildman–Crippen MR) is 85.5 cm³/mol. The van der Waals surface area contributed by atoms with Gasteiger partial charge >= 0.3 is 0 Å². The third-order valence-corrected chi connectivity index (χ3v) is 4.91. The van der Waals surface area contributed by atoms with Crippen molar-refractivity contribution in [1.82, 2.24) is 9.55 Å². The molecule has 2 heterocycles. The average molecular weight is 355 g/mol. The monoisotopic (exact) mass is 355 g/mol. The van der Waals surface area contributed by atoms with E-state index in [-0.39, 0.29) is 16.1 Å². The van der Waals surface area contributed by atoms with Crippen molar-refractivity contribution in [2.45, 2.75) is 22.4 Å². The third kappa shape index (κ3) is 3.40. The van der Waals surface area contributed by atoms with Crippen LogP contribution in [0.25, 0.3) is 0 Å². The molecule has 1 aromatic carbocycles. The summed E-state index contributed by atoms with van der Waals surface area (Å²) in [5.41, 5.74) is -0.285. The lowest BCUT2D eigenvalue weighted by molar-refractivity contribution is 0.102. The molecule has 9 heteroatoms. The highest BCUT2D eigenvalue weighted by Gasteiger charge is 2.21. The van der Waals surface area contributed by atoms with E-state index in [4.69, 9.17) is 0 Å². The van der Waals surface area contributed by atoms with E-state index in [0.29, 0.717) is 23.5 Å². The van der Waals surface area contributed by atoms with Crippen LogP contribution in [0.5, 0.6) is 0 Å². The second kappa shape index (κ2) is 6.71. The van der Waals surface area contributed by atoms with Crippen LogP contribution >= 0.6 is 23.5 Å². The van der Waals surface area contributed by atoms with E-state index >= 15 is 0 Å². The van der Waals surface area contributed by atoms with Gasteiger partial charge in [0.2, 0.25) is 0 Å². The van der Waals surface area contributed by atoms with Gasteiger partial charge in [0.25, 0.3) is 17.2 Å². The maximum absolute atomic E-state index is 12.6. The second-order valence-corrected chi connectivity index (χ2v) is 6.68. The van der Waals surface area contributed by atoms with Gasteiger partial charge in [0.15, 0.2) is 5.16 Å². The largest absolute Gasteiger partial charge is 0.321 e. The fourth-order valence-corrected chi connectivity index (χ4v) is 3.64. The Hall–Kier alpha value is -1.87. The molecule has 120 valence electrons. The summed E-state index contributed by atoms with van der Waals surface area (Å²) in [6.45, 7) is 0.505. The highest BCUT2D eigenvalue weighted by molar-refractivity contribution is 7.99. The lowest BCUT2D eigenvalue weighted by atomic mass is 10.2. The zero-order valence-corrected chi connectivity index (χ0v) is 13.3. The van der Waals surface area contributed by atoms with Crippen LogP contribution in [0.2, 0.25) is 0 Å². The normalized spacial score (nSPS) is 13.2. The number of benzene rings is 1. The van der Waals surface area contributed by atoms with Gasteiger partial charge < -0.3 is 5.32 Å². The molecule has 1 aromatic heterocycles. The van der Waals surface area contributed by atoms with Crippen LogP contribution in [-0.4, -0.2) is 27.0 Å². The zero-order valence-electron chi connectivity index (χ0n) is 11.7. The van der Waals surface area contributed by atoms with E-state index < -0.39 is 17.2 Å². The Kier molecular flexibility index (Phi) is 4.67. The van der Waals surface area contributed by atoms with Gasteiger partial charge in [-0.25, -0.2) is 4.98 Å². The van der Waals surface area contributed by atoms with Gasteiger partial charge in [-0.2, -0.15) is 8.78 Å². The molecule has 2 aromatic rings. The van der Waals surface area contributed by atoms with E-state index in [1.807, 2.05) is 0 Å². The van der Waals surface area contributed by atoms with E-state index in [1.54, 1.807) is 12.1 Å². The van der Waals surface area contributed by atoms with Gasteiger partial charge in [0.05, 0.1) is 5.69 Å². The number of aromatic nitrogens is 2. The van der Waals surface area contributed by atoms with Crippen molar-refractivity contribution in [1.29, 1.82) is 0 Å². The standard InChI is InChI=1S/C14H11F2N3O2S2/c15-13(16)23-10-4-2-1-3-9(10)18-11(20)8-7-17-14-19(12(8)21)5-6-22-14/h1-4,7,13H,5-6H2,(H,18,20). The summed E-state index contributed by atoms with van der Waals surface area (Å²) in [5.74, 6) is -2.52. The van der Waals surface area contributed by atoms with Crippen LogP contribution in [0.1, 0.15) is 10.4 Å². The van der Waals surface area contributed by atoms with Crippen molar-refractivity contribution in [3.63, 3.8) is 0 Å². The quantitative estimate of drug-likeness (QED) is 0.675. The molecule has 0 atom stereocenters. The van der Waals surface area contributed by atoms with Crippen molar-refractivity contribution in [2.75, 3.05) is 11.1 Å². The lowest BCUT2D eigenvalue weighted by Crippen LogP contribution is -2.29. The number of carbonyl (C=O) groups excluding carboxylic acids is 1. The molecule has 0 radical (unpaired) electrons. The molecule has 0 fully saturated rings. The minimum atomic E-state index is -2.60. The van der Waals surface area contributed by atoms with Crippen LogP contribution in [0.3, 0.4) is 0 Å². The third-order valence-electron chi connectivity index (χ3n) is 3.15. The summed E-state index contributed by atoms with van der Waals surface area (Å²) in [6.07, 6.45) is 1.23. The molecule has 0 saturated carbocycles. The number of hydrogen-bond donors (Lipinski definition) is 1. The molecule has 1 N–H and O–H groups in total. The molecule has 0 bridgehead atoms. The van der Waals surface area contributed by atoms with E-state index in [2.05, 4.69) is 10.3 Å². The van der Waals surface area contributed by atoms with E-state index in [9.17, 15) is 18.4 Å². The molecule has 1 aliphatic heterocycles. The molecule has 23 heavy (non-hydrogen) atoms. The fraction of sp³-hybridized carbons (Fsp3) is 0.214. The Balaban J connectivity index is 1.87. The first-order valence-electron chi connectivity index (χ1n) is 6.64. The van der Waals surface area contributed by atoms with Gasteiger partial charge in [-0.1, -0.05) is 35.7 Å². The summed E-state index contributed by atoms with van der Waals surface area (Å²) in [6, 6.07) is 6.22. The maximum Gasteiger partial charge on any atom is 0.288 e. The van der Waals surface area contributed by atoms with Crippen molar-refractivity contribution in [2.24, 2.45) is 0 Å². The van der Waals surface area contributed by atoms with E-state index in [1.165, 1.54) is 34.7 Å². The maximum atomic E-state index is 12.6. The minimum absolute atomic E-state index is 0.104. The number of carbonyl (C=O) groups is 1. The molecule has 3 rings (SSSR count). The minimum Gasteiger partial charge on any atom is -0.321 e. The Labute approximate surface area is 138 Å². The van der Waals surface area contributed by atoms with Gasteiger partial charge in [0, 0.05) is 23.4 Å². The van der Waals surface area contributed by atoms with Crippen LogP contribution in [0.4, 0.5) is 14.5 Å². The van der Waals surface area contributed by atoms with E-state index in [0.717, 1.165) is 5.75 Å². The van der Waals surface area contributed by atoms with Crippen LogP contribution in [0.15, 0.2) is 45.3 Å². The molecule has 5 nitrogen and oxygen atoms in total. The number of halogens is 2. The summed E-state index contributed by atoms with van der Waals surface area (Å²) < 4.78 is 26.6. The van der Waals surface area contributed by atoms with Crippen LogP contribution < -0.4 is 10.9 Å². The number of para-hydroxylation sites is 1. The number of amides is 1. The second-order valence-electron chi connectivity index (χ2n) is 4.59. The molecule has 0 unspecified atom stereocenters. The zero-order chi connectivity index (χ0) is 16.4. The first-order valence-corrected chi connectivity index (χ1v) is 8.50. The topological polar surface area (TPSA) is 64.0 Å². The average Bonchev–Trinajstić information content (AvgIpc) is 2.98. The number of hydrogen-bond acceptors (Lipinski definition) is 5. The smallest absolute Gasteiger partial charge is 0.288 e. The van der Waals surface area contributed by atoms with Crippen LogP contribution in [-0.2, 0) is 6.54 Å². The number of thioether (sulfide) groups is 2. The Bertz CT molecular complexity index is 811. The Morgan fingerprint density at radius 1 is 1.39 bits per heavy atom. The summed E-state index contributed by atoms with van der Waals surface area (Å²) in [4.78, 5) is 28.9. The summed E-state index contributed by atoms with van der Waals surface area (Å²) in [5, 5.41) is 3.09. The van der Waals surface area contributed by atoms with Gasteiger partial charge in [-0.05, 0) is 12.1 Å². The highest BCUT2D eigenvalue weighted by Crippen LogP contribution is 2.31. The Morgan fingerprint density at radius 3 is 2.96 bits per heavy atom. The molecule has 1 aliphatic rings. The van der Waals surface area contributed by atoms with Crippen molar-refractivity contribution < 1.29 is 13.6 Å². The SMILES string of the molecule is O=C(Nc1ccccc1SC(F)F)c1cnc2n(c1=O)CCS2. The molecular weight excluding hydrogens is 344 g/mol. The highest BCUT2D eigenvalue weighted by atomic mass is 32.2. The van der Waals surface area contributed by atoms with Crippen molar-refractivity contribution >= 4 is 35.1 Å². The molecular formula is C14H11F2N3O2S2. The van der Waals surface area contributed by atoms with Crippen molar-refractivity contribution in [3.8, 4) is 0 Å². The number of rotatable bonds is 4. The van der Waals surface area contributed by atoms with Gasteiger partial charge in [-0.3, -0.25) is 14.2 Å². The summed E-state index contributed by atoms with van der Waals surface area (Å²) in [7, 11) is 0. The summed E-state index contributed by atoms with van der Waals surface area (Å²) >= 11 is 1.79. The Morgan fingerprint density at radius 2 is 2.17 bits per heavy atom. The fourth-order valence-electron chi connectivity index (χ4n) is 2.13. The number of nitrogens with zero attached hydrogens (tertiary/aromatic N) is 2. The number of nitrogens with one attached hydrogen (secondary N) is 1. The first-order chi connectivity index (χ1) is 11.1. The molecule has 0 spiro atoms. The molecule has 1 amide bonds. The first kappa shape index (κ1) is 16.0. The van der Waals surface area contributed by atoms with Crippen molar-refractivity contribution in [3.05, 3.63) is 46.4 Å². The lowest BCUT2D eigenvalue weighted by Gasteiger charge is -2.10. The molecule has 0 aliphatic carbocycles. The van der Waals surface area contributed by atoms with Gasteiger partial charge in [0.1, 0.15) is 5.56 Å². The number of anilines is 1. The predicted octanol–water partition coefficient (Wildman–Crippen LogP) is 2.92.